The molecule has 1 rings (SSSR count). The van der Waals surface area contributed by atoms with Crippen molar-refractivity contribution >= 4 is 28.3 Å². The molecule has 0 aliphatic heterocycles. The van der Waals surface area contributed by atoms with E-state index in [2.05, 4.69) is 19.2 Å². The Labute approximate surface area is 162 Å². The Hall–Kier alpha value is -1.35. The van der Waals surface area contributed by atoms with Gasteiger partial charge in [0.05, 0.1) is 7.11 Å². The molecule has 26 heavy (non-hydrogen) atoms. The van der Waals surface area contributed by atoms with Gasteiger partial charge in [-0.05, 0) is 37.5 Å². The third-order valence-electron chi connectivity index (χ3n) is 3.91. The largest absolute Gasteiger partial charge is 0.495 e. The average Bonchev–Trinajstić information content (AvgIpc) is 2.53. The Morgan fingerprint density at radius 3 is 2.35 bits per heavy atom. The highest BCUT2D eigenvalue weighted by Gasteiger charge is 2.28. The molecule has 0 fully saturated rings. The minimum Gasteiger partial charge on any atom is -0.495 e. The van der Waals surface area contributed by atoms with Crippen LogP contribution in [0.5, 0.6) is 5.75 Å². The smallest absolute Gasteiger partial charge is 0.251 e. The van der Waals surface area contributed by atoms with Crippen LogP contribution in [0.25, 0.3) is 0 Å². The lowest BCUT2D eigenvalue weighted by Crippen LogP contribution is -2.52. The lowest BCUT2D eigenvalue weighted by atomic mass is 9.90. The van der Waals surface area contributed by atoms with E-state index >= 15 is 0 Å². The van der Waals surface area contributed by atoms with E-state index in [-0.39, 0.29) is 41.1 Å². The molecular formula is C17H30ClN3O4S. The van der Waals surface area contributed by atoms with Gasteiger partial charge in [0.2, 0.25) is 10.0 Å². The number of sulfonamides is 1. The standard InChI is InChI=1S/C17H29N3O4S.ClH/c1-12(2)10-17(3,11-18)19-16(21)13-7-8-14(24-6)15(9-13)25(22,23)20(4)5;/h7-9,12H,10-11,18H2,1-6H3,(H,19,21);1H. The number of amides is 1. The minimum atomic E-state index is -3.74. The fourth-order valence-electron chi connectivity index (χ4n) is 2.65. The number of rotatable bonds is 8. The van der Waals surface area contributed by atoms with E-state index in [4.69, 9.17) is 10.5 Å². The molecule has 150 valence electrons. The number of nitrogens with one attached hydrogen (secondary N) is 1. The van der Waals surface area contributed by atoms with Gasteiger partial charge in [0.15, 0.2) is 0 Å². The van der Waals surface area contributed by atoms with Gasteiger partial charge in [0.1, 0.15) is 10.6 Å². The van der Waals surface area contributed by atoms with Gasteiger partial charge < -0.3 is 15.8 Å². The summed E-state index contributed by atoms with van der Waals surface area (Å²) in [5, 5.41) is 2.92. The number of hydrogen-bond acceptors (Lipinski definition) is 5. The van der Waals surface area contributed by atoms with E-state index < -0.39 is 15.6 Å². The van der Waals surface area contributed by atoms with Crippen molar-refractivity contribution in [1.29, 1.82) is 0 Å². The van der Waals surface area contributed by atoms with Gasteiger partial charge in [-0.3, -0.25) is 4.79 Å². The third kappa shape index (κ3) is 5.84. The number of methoxy groups -OCH3 is 1. The Kier molecular flexibility index (Phi) is 9.05. The molecule has 0 saturated carbocycles. The summed E-state index contributed by atoms with van der Waals surface area (Å²) < 4.78 is 31.1. The fraction of sp³-hybridized carbons (Fsp3) is 0.588. The highest BCUT2D eigenvalue weighted by atomic mass is 35.5. The maximum atomic E-state index is 12.6. The minimum absolute atomic E-state index is 0. The van der Waals surface area contributed by atoms with Crippen LogP contribution in [0.2, 0.25) is 0 Å². The Bertz CT molecular complexity index is 723. The second kappa shape index (κ2) is 9.55. The van der Waals surface area contributed by atoms with Gasteiger partial charge in [-0.1, -0.05) is 13.8 Å². The molecule has 9 heteroatoms. The van der Waals surface area contributed by atoms with E-state index in [1.54, 1.807) is 0 Å². The molecule has 0 spiro atoms. The summed E-state index contributed by atoms with van der Waals surface area (Å²) in [5.74, 6) is 0.176. The number of ether oxygens (including phenoxy) is 1. The van der Waals surface area contributed by atoms with Crippen LogP contribution in [0.4, 0.5) is 0 Å². The summed E-state index contributed by atoms with van der Waals surface area (Å²) in [6.07, 6.45) is 0.717. The highest BCUT2D eigenvalue weighted by molar-refractivity contribution is 7.89. The number of carbonyl (C=O) groups is 1. The van der Waals surface area contributed by atoms with Gasteiger partial charge in [-0.25, -0.2) is 12.7 Å². The van der Waals surface area contributed by atoms with Crippen molar-refractivity contribution in [3.05, 3.63) is 23.8 Å². The Morgan fingerprint density at radius 1 is 1.35 bits per heavy atom. The number of benzene rings is 1. The molecule has 0 heterocycles. The topological polar surface area (TPSA) is 102 Å². The van der Waals surface area contributed by atoms with Crippen LogP contribution in [0, 0.1) is 5.92 Å². The van der Waals surface area contributed by atoms with Crippen LogP contribution in [0.1, 0.15) is 37.6 Å². The van der Waals surface area contributed by atoms with E-state index in [1.165, 1.54) is 39.4 Å². The fourth-order valence-corrected chi connectivity index (χ4v) is 3.72. The molecule has 0 aliphatic carbocycles. The summed E-state index contributed by atoms with van der Waals surface area (Å²) in [4.78, 5) is 12.6. The molecule has 1 aromatic carbocycles. The zero-order valence-electron chi connectivity index (χ0n) is 16.2. The number of nitrogens with two attached hydrogens (primary N) is 1. The van der Waals surface area contributed by atoms with Gasteiger partial charge >= 0.3 is 0 Å². The summed E-state index contributed by atoms with van der Waals surface area (Å²) in [7, 11) is 0.499. The van der Waals surface area contributed by atoms with Crippen molar-refractivity contribution in [1.82, 2.24) is 9.62 Å². The van der Waals surface area contributed by atoms with E-state index in [9.17, 15) is 13.2 Å². The number of carbonyl (C=O) groups excluding carboxylic acids is 1. The number of hydrogen-bond donors (Lipinski definition) is 2. The van der Waals surface area contributed by atoms with Crippen molar-refractivity contribution in [2.24, 2.45) is 11.7 Å². The van der Waals surface area contributed by atoms with E-state index in [1.807, 2.05) is 6.92 Å². The molecule has 0 aliphatic rings. The third-order valence-corrected chi connectivity index (χ3v) is 5.75. The molecular weight excluding hydrogens is 378 g/mol. The second-order valence-corrected chi connectivity index (χ2v) is 9.09. The summed E-state index contributed by atoms with van der Waals surface area (Å²) >= 11 is 0. The van der Waals surface area contributed by atoms with Crippen LogP contribution in [0.3, 0.4) is 0 Å². The second-order valence-electron chi connectivity index (χ2n) is 6.97. The molecule has 1 atom stereocenters. The van der Waals surface area contributed by atoms with Crippen LogP contribution in [-0.2, 0) is 10.0 Å². The van der Waals surface area contributed by atoms with Gasteiger partial charge in [0, 0.05) is 31.7 Å². The number of nitrogens with zero attached hydrogens (tertiary/aromatic N) is 1. The number of halogens is 1. The van der Waals surface area contributed by atoms with Crippen molar-refractivity contribution in [3.63, 3.8) is 0 Å². The normalized spacial score (nSPS) is 13.9. The molecule has 0 saturated heterocycles. The maximum absolute atomic E-state index is 12.6. The average molecular weight is 408 g/mol. The zero-order chi connectivity index (χ0) is 19.4. The van der Waals surface area contributed by atoms with Crippen LogP contribution in [0.15, 0.2) is 23.1 Å². The molecule has 0 radical (unpaired) electrons. The molecule has 0 aromatic heterocycles. The Balaban J connectivity index is 0.00000625. The SMILES string of the molecule is COc1ccc(C(=O)NC(C)(CN)CC(C)C)cc1S(=O)(=O)N(C)C.Cl. The predicted molar refractivity (Wildman–Crippen MR) is 105 cm³/mol. The monoisotopic (exact) mass is 407 g/mol. The zero-order valence-corrected chi connectivity index (χ0v) is 17.8. The lowest BCUT2D eigenvalue weighted by molar-refractivity contribution is 0.0898. The molecule has 3 N–H and O–H groups in total. The molecule has 1 aromatic rings. The van der Waals surface area contributed by atoms with Gasteiger partial charge in [-0.15, -0.1) is 12.4 Å². The van der Waals surface area contributed by atoms with Gasteiger partial charge in [-0.2, -0.15) is 0 Å². The van der Waals surface area contributed by atoms with Crippen LogP contribution >= 0.6 is 12.4 Å². The quantitative estimate of drug-likeness (QED) is 0.684. The molecule has 1 amide bonds. The first-order valence-electron chi connectivity index (χ1n) is 8.10. The lowest BCUT2D eigenvalue weighted by Gasteiger charge is -2.31. The van der Waals surface area contributed by atoms with Crippen LogP contribution < -0.4 is 15.8 Å². The first-order chi connectivity index (χ1) is 11.5. The Morgan fingerprint density at radius 2 is 1.92 bits per heavy atom. The first-order valence-corrected chi connectivity index (χ1v) is 9.54. The summed E-state index contributed by atoms with van der Waals surface area (Å²) in [6.45, 7) is 6.27. The molecule has 0 bridgehead atoms. The van der Waals surface area contributed by atoms with Gasteiger partial charge in [0.25, 0.3) is 5.91 Å². The van der Waals surface area contributed by atoms with Crippen molar-refractivity contribution < 1.29 is 17.9 Å². The molecule has 1 unspecified atom stereocenters. The van der Waals surface area contributed by atoms with E-state index in [0.29, 0.717) is 12.3 Å². The molecule has 7 nitrogen and oxygen atoms in total. The van der Waals surface area contributed by atoms with Crippen molar-refractivity contribution in [2.75, 3.05) is 27.7 Å². The summed E-state index contributed by atoms with van der Waals surface area (Å²) in [6, 6.07) is 4.35. The highest BCUT2D eigenvalue weighted by Crippen LogP contribution is 2.27. The van der Waals surface area contributed by atoms with Crippen LogP contribution in [-0.4, -0.2) is 51.9 Å². The maximum Gasteiger partial charge on any atom is 0.251 e. The van der Waals surface area contributed by atoms with Crippen molar-refractivity contribution in [3.8, 4) is 5.75 Å². The van der Waals surface area contributed by atoms with E-state index in [0.717, 1.165) is 4.31 Å². The predicted octanol–water partition coefficient (Wildman–Crippen LogP) is 1.86. The summed E-state index contributed by atoms with van der Waals surface area (Å²) in [5.41, 5.74) is 5.51. The first kappa shape index (κ1) is 24.7. The van der Waals surface area contributed by atoms with Crippen molar-refractivity contribution in [2.45, 2.75) is 37.6 Å².